The molecular weight excluding hydrogens is 276 g/mol. The largest absolute Gasteiger partial charge is 0.467 e. The van der Waals surface area contributed by atoms with Crippen molar-refractivity contribution in [1.29, 1.82) is 0 Å². The van der Waals surface area contributed by atoms with Gasteiger partial charge >= 0.3 is 5.97 Å². The Kier molecular flexibility index (Phi) is 4.62. The number of methoxy groups -OCH3 is 1. The molecule has 8 nitrogen and oxygen atoms in total. The number of esters is 1. The minimum absolute atomic E-state index is 0.227. The molecule has 1 atom stereocenters. The normalized spacial score (nSPS) is 11.7. The first-order valence-electron chi connectivity index (χ1n) is 6.10. The SMILES string of the molecule is COC(=O)C(O)CNC(=O)c1ccc(-n2ccnc2)nc1. The summed E-state index contributed by atoms with van der Waals surface area (Å²) in [5.41, 5.74) is 0.316. The zero-order valence-corrected chi connectivity index (χ0v) is 11.3. The summed E-state index contributed by atoms with van der Waals surface area (Å²) in [5.74, 6) is -0.620. The van der Waals surface area contributed by atoms with Crippen LogP contribution >= 0.6 is 0 Å². The number of imidazole rings is 1. The lowest BCUT2D eigenvalue weighted by atomic mass is 10.2. The Morgan fingerprint density at radius 2 is 2.29 bits per heavy atom. The van der Waals surface area contributed by atoms with Gasteiger partial charge in [0.2, 0.25) is 0 Å². The molecule has 0 bridgehead atoms. The van der Waals surface area contributed by atoms with Crippen LogP contribution in [0.15, 0.2) is 37.1 Å². The van der Waals surface area contributed by atoms with Crippen molar-refractivity contribution in [3.63, 3.8) is 0 Å². The van der Waals surface area contributed by atoms with Crippen molar-refractivity contribution in [2.24, 2.45) is 0 Å². The maximum atomic E-state index is 11.8. The topological polar surface area (TPSA) is 106 Å². The molecule has 1 unspecified atom stereocenters. The van der Waals surface area contributed by atoms with E-state index in [2.05, 4.69) is 20.0 Å². The van der Waals surface area contributed by atoms with E-state index >= 15 is 0 Å². The second-order valence-corrected chi connectivity index (χ2v) is 4.12. The number of hydrogen-bond donors (Lipinski definition) is 2. The molecule has 2 heterocycles. The summed E-state index contributed by atoms with van der Waals surface area (Å²) in [6.07, 6.45) is 4.95. The molecule has 0 aliphatic carbocycles. The monoisotopic (exact) mass is 290 g/mol. The van der Waals surface area contributed by atoms with Crippen LogP contribution < -0.4 is 5.32 Å². The zero-order chi connectivity index (χ0) is 15.2. The van der Waals surface area contributed by atoms with E-state index in [0.717, 1.165) is 7.11 Å². The Bertz CT molecular complexity index is 610. The molecule has 2 aromatic heterocycles. The number of carbonyl (C=O) groups excluding carboxylic acids is 2. The number of nitrogens with zero attached hydrogens (tertiary/aromatic N) is 3. The molecule has 2 aromatic rings. The van der Waals surface area contributed by atoms with E-state index in [1.54, 1.807) is 35.4 Å². The Morgan fingerprint density at radius 1 is 1.48 bits per heavy atom. The average Bonchev–Trinajstić information content (AvgIpc) is 3.06. The molecule has 1 amide bonds. The van der Waals surface area contributed by atoms with Crippen LogP contribution in [-0.4, -0.2) is 51.3 Å². The van der Waals surface area contributed by atoms with Crippen LogP contribution in [0.25, 0.3) is 5.82 Å². The highest BCUT2D eigenvalue weighted by Gasteiger charge is 2.16. The molecule has 21 heavy (non-hydrogen) atoms. The lowest BCUT2D eigenvalue weighted by Crippen LogP contribution is -2.37. The van der Waals surface area contributed by atoms with Crippen molar-refractivity contribution in [2.45, 2.75) is 6.10 Å². The minimum Gasteiger partial charge on any atom is -0.467 e. The maximum Gasteiger partial charge on any atom is 0.336 e. The number of aliphatic hydroxyl groups is 1. The molecule has 0 radical (unpaired) electrons. The third kappa shape index (κ3) is 3.63. The summed E-state index contributed by atoms with van der Waals surface area (Å²) < 4.78 is 6.04. The van der Waals surface area contributed by atoms with Crippen LogP contribution in [0.4, 0.5) is 0 Å². The molecule has 0 fully saturated rings. The Morgan fingerprint density at radius 3 is 2.86 bits per heavy atom. The second-order valence-electron chi connectivity index (χ2n) is 4.12. The number of aromatic nitrogens is 3. The summed E-state index contributed by atoms with van der Waals surface area (Å²) >= 11 is 0. The molecule has 2 rings (SSSR count). The van der Waals surface area contributed by atoms with Crippen molar-refractivity contribution in [3.8, 4) is 5.82 Å². The maximum absolute atomic E-state index is 11.8. The fourth-order valence-electron chi connectivity index (χ4n) is 1.58. The van der Waals surface area contributed by atoms with Crippen molar-refractivity contribution >= 4 is 11.9 Å². The predicted octanol–water partition coefficient (Wildman–Crippen LogP) is -0.469. The van der Waals surface area contributed by atoms with Gasteiger partial charge in [-0.25, -0.2) is 14.8 Å². The van der Waals surface area contributed by atoms with E-state index in [1.807, 2.05) is 0 Å². The first kappa shape index (κ1) is 14.7. The third-order valence-corrected chi connectivity index (χ3v) is 2.71. The number of carbonyl (C=O) groups is 2. The molecular formula is C13H14N4O4. The van der Waals surface area contributed by atoms with Gasteiger partial charge in [-0.1, -0.05) is 0 Å². The quantitative estimate of drug-likeness (QED) is 0.721. The van der Waals surface area contributed by atoms with Gasteiger partial charge in [0.1, 0.15) is 12.1 Å². The number of pyridine rings is 1. The average molecular weight is 290 g/mol. The van der Waals surface area contributed by atoms with Crippen LogP contribution in [0.5, 0.6) is 0 Å². The van der Waals surface area contributed by atoms with Crippen LogP contribution in [0, 0.1) is 0 Å². The van der Waals surface area contributed by atoms with Gasteiger partial charge in [0.05, 0.1) is 19.2 Å². The van der Waals surface area contributed by atoms with E-state index in [0.29, 0.717) is 11.4 Å². The molecule has 0 aliphatic rings. The van der Waals surface area contributed by atoms with Crippen LogP contribution in [0.2, 0.25) is 0 Å². The molecule has 8 heteroatoms. The first-order valence-corrected chi connectivity index (χ1v) is 6.10. The van der Waals surface area contributed by atoms with E-state index < -0.39 is 18.0 Å². The number of ether oxygens (including phenoxy) is 1. The van der Waals surface area contributed by atoms with E-state index in [4.69, 9.17) is 0 Å². The number of hydrogen-bond acceptors (Lipinski definition) is 6. The zero-order valence-electron chi connectivity index (χ0n) is 11.3. The van der Waals surface area contributed by atoms with Crippen LogP contribution in [0.3, 0.4) is 0 Å². The van der Waals surface area contributed by atoms with Gasteiger partial charge in [-0.05, 0) is 12.1 Å². The van der Waals surface area contributed by atoms with Crippen molar-refractivity contribution < 1.29 is 19.4 Å². The van der Waals surface area contributed by atoms with E-state index in [-0.39, 0.29) is 6.54 Å². The van der Waals surface area contributed by atoms with Gasteiger partial charge in [0.25, 0.3) is 5.91 Å². The van der Waals surface area contributed by atoms with Gasteiger partial charge in [0, 0.05) is 18.6 Å². The Hall–Kier alpha value is -2.74. The van der Waals surface area contributed by atoms with Crippen molar-refractivity contribution in [2.75, 3.05) is 13.7 Å². The van der Waals surface area contributed by atoms with Gasteiger partial charge in [-0.3, -0.25) is 9.36 Å². The molecule has 0 saturated heterocycles. The summed E-state index contributed by atoms with van der Waals surface area (Å²) in [7, 11) is 1.16. The molecule has 0 aromatic carbocycles. The van der Waals surface area contributed by atoms with E-state index in [1.165, 1.54) is 6.20 Å². The fraction of sp³-hybridized carbons (Fsp3) is 0.231. The lowest BCUT2D eigenvalue weighted by molar-refractivity contribution is -0.149. The third-order valence-electron chi connectivity index (χ3n) is 2.71. The summed E-state index contributed by atoms with van der Waals surface area (Å²) in [4.78, 5) is 30.8. The van der Waals surface area contributed by atoms with Crippen molar-refractivity contribution in [1.82, 2.24) is 19.9 Å². The highest BCUT2D eigenvalue weighted by atomic mass is 16.5. The Balaban J connectivity index is 1.96. The molecule has 110 valence electrons. The number of rotatable bonds is 5. The predicted molar refractivity (Wildman–Crippen MR) is 71.7 cm³/mol. The fourth-order valence-corrected chi connectivity index (χ4v) is 1.58. The van der Waals surface area contributed by atoms with Crippen LogP contribution in [0.1, 0.15) is 10.4 Å². The number of aliphatic hydroxyl groups excluding tert-OH is 1. The highest BCUT2D eigenvalue weighted by Crippen LogP contribution is 2.05. The van der Waals surface area contributed by atoms with Gasteiger partial charge in [-0.2, -0.15) is 0 Å². The standard InChI is InChI=1S/C13H14N4O4/c1-21-13(20)10(18)7-16-12(19)9-2-3-11(15-6-9)17-5-4-14-8-17/h2-6,8,10,18H,7H2,1H3,(H,16,19). The number of nitrogens with one attached hydrogen (secondary N) is 1. The smallest absolute Gasteiger partial charge is 0.336 e. The minimum atomic E-state index is -1.39. The van der Waals surface area contributed by atoms with Gasteiger partial charge in [-0.15, -0.1) is 0 Å². The molecule has 0 saturated carbocycles. The molecule has 2 N–H and O–H groups in total. The second kappa shape index (κ2) is 6.62. The van der Waals surface area contributed by atoms with Gasteiger partial charge < -0.3 is 15.2 Å². The summed E-state index contributed by atoms with van der Waals surface area (Å²) in [6, 6.07) is 3.25. The lowest BCUT2D eigenvalue weighted by Gasteiger charge is -2.09. The van der Waals surface area contributed by atoms with Crippen LogP contribution in [-0.2, 0) is 9.53 Å². The molecule has 0 spiro atoms. The van der Waals surface area contributed by atoms with E-state index in [9.17, 15) is 14.7 Å². The Labute approximate surface area is 120 Å². The number of amides is 1. The summed E-state index contributed by atoms with van der Waals surface area (Å²) in [6.45, 7) is -0.227. The highest BCUT2D eigenvalue weighted by molar-refractivity contribution is 5.94. The summed E-state index contributed by atoms with van der Waals surface area (Å²) in [5, 5.41) is 11.8. The van der Waals surface area contributed by atoms with Crippen molar-refractivity contribution in [3.05, 3.63) is 42.6 Å². The first-order chi connectivity index (χ1) is 10.1. The molecule has 0 aliphatic heterocycles. The van der Waals surface area contributed by atoms with Gasteiger partial charge in [0.15, 0.2) is 6.10 Å².